The number of carbonyl (C=O) groups excluding carboxylic acids is 1. The van der Waals surface area contributed by atoms with Crippen LogP contribution in [0.3, 0.4) is 0 Å². The highest BCUT2D eigenvalue weighted by Gasteiger charge is 2.49. The first kappa shape index (κ1) is 22.7. The lowest BCUT2D eigenvalue weighted by Crippen LogP contribution is -2.57. The highest BCUT2D eigenvalue weighted by atomic mass is 32.2. The maximum absolute atomic E-state index is 14.9. The molecule has 4 N–H and O–H groups in total. The van der Waals surface area contributed by atoms with E-state index in [1.807, 2.05) is 0 Å². The van der Waals surface area contributed by atoms with Gasteiger partial charge >= 0.3 is 6.18 Å². The number of ether oxygens (including phenoxy) is 1. The quantitative estimate of drug-likeness (QED) is 0.575. The van der Waals surface area contributed by atoms with Crippen molar-refractivity contribution < 1.29 is 27.1 Å². The van der Waals surface area contributed by atoms with Crippen LogP contribution in [0.15, 0.2) is 30.6 Å². The second-order valence-corrected chi connectivity index (χ2v) is 8.93. The van der Waals surface area contributed by atoms with Crippen LogP contribution >= 0.6 is 11.8 Å². The zero-order valence-electron chi connectivity index (χ0n) is 16.8. The normalized spacial score (nSPS) is 25.3. The van der Waals surface area contributed by atoms with E-state index in [4.69, 9.17) is 5.73 Å². The minimum absolute atomic E-state index is 0.124. The zero-order valence-corrected chi connectivity index (χ0v) is 17.6. The number of nitrogens with zero attached hydrogens (tertiary/aromatic N) is 2. The van der Waals surface area contributed by atoms with Gasteiger partial charge in [0.2, 0.25) is 5.88 Å². The van der Waals surface area contributed by atoms with Crippen LogP contribution in [-0.4, -0.2) is 39.9 Å². The molecule has 2 fully saturated rings. The molecule has 32 heavy (non-hydrogen) atoms. The van der Waals surface area contributed by atoms with Crippen LogP contribution in [0.4, 0.5) is 23.2 Å². The molecule has 1 unspecified atom stereocenters. The molecule has 1 aliphatic heterocycles. The number of alkyl halides is 3. The van der Waals surface area contributed by atoms with Gasteiger partial charge in [0.05, 0.1) is 17.9 Å². The molecule has 1 saturated carbocycles. The number of aromatic nitrogens is 2. The number of thioether (sulfide) groups is 1. The molecule has 4 rings (SSSR count). The summed E-state index contributed by atoms with van der Waals surface area (Å²) in [7, 11) is 0. The summed E-state index contributed by atoms with van der Waals surface area (Å²) in [5.41, 5.74) is 5.88. The highest BCUT2D eigenvalue weighted by Crippen LogP contribution is 2.49. The van der Waals surface area contributed by atoms with Gasteiger partial charge in [-0.05, 0) is 37.0 Å². The van der Waals surface area contributed by atoms with Crippen LogP contribution in [0.25, 0.3) is 0 Å². The number of benzene rings is 1. The number of nitrogens with one attached hydrogen (secondary N) is 2. The van der Waals surface area contributed by atoms with Crippen LogP contribution < -0.4 is 21.1 Å². The van der Waals surface area contributed by atoms with E-state index in [9.17, 15) is 22.4 Å². The van der Waals surface area contributed by atoms with Crippen molar-refractivity contribution in [2.75, 3.05) is 17.7 Å². The summed E-state index contributed by atoms with van der Waals surface area (Å²) < 4.78 is 56.0. The third kappa shape index (κ3) is 4.81. The Morgan fingerprint density at radius 2 is 2.16 bits per heavy atom. The lowest BCUT2D eigenvalue weighted by Gasteiger charge is -2.43. The lowest BCUT2D eigenvalue weighted by atomic mass is 9.80. The van der Waals surface area contributed by atoms with E-state index >= 15 is 0 Å². The molecular formula is C20H21F4N5O2S. The highest BCUT2D eigenvalue weighted by molar-refractivity contribution is 7.99. The van der Waals surface area contributed by atoms with Crippen LogP contribution in [0.2, 0.25) is 0 Å². The number of halogens is 4. The summed E-state index contributed by atoms with van der Waals surface area (Å²) in [5.74, 6) is -0.327. The Bertz CT molecular complexity index is 991. The molecule has 1 aliphatic carbocycles. The summed E-state index contributed by atoms with van der Waals surface area (Å²) in [6.07, 6.45) is 0.0805. The van der Waals surface area contributed by atoms with E-state index in [1.165, 1.54) is 12.1 Å². The Morgan fingerprint density at radius 1 is 1.34 bits per heavy atom. The SMILES string of the molecule is NC1N[C@@]2(c3cc(NC(=O)c4cnc(OCC(F)(F)F)cn4)ccc3F)CCC[C@H]2CS1. The standard InChI is InChI=1S/C20H21F4N5O2S/c21-14-4-3-12(6-13(14)19-5-1-2-11(19)9-32-18(25)29-19)28-17(30)15-7-27-16(8-26-15)31-10-20(22,23)24/h3-4,6-8,11,18,29H,1-2,5,9-10,25H2,(H,28,30)/t11-,18?,19-/m0/s1. The van der Waals surface area contributed by atoms with Gasteiger partial charge in [0, 0.05) is 17.0 Å². The number of fused-ring (bicyclic) bond motifs is 1. The molecule has 0 radical (unpaired) electrons. The predicted molar refractivity (Wildman–Crippen MR) is 111 cm³/mol. The maximum atomic E-state index is 14.9. The molecule has 0 bridgehead atoms. The van der Waals surface area contributed by atoms with E-state index in [1.54, 1.807) is 17.8 Å². The fourth-order valence-electron chi connectivity index (χ4n) is 4.24. The number of hydrogen-bond acceptors (Lipinski definition) is 7. The molecule has 1 saturated heterocycles. The summed E-state index contributed by atoms with van der Waals surface area (Å²) in [5, 5.41) is 6.00. The average molecular weight is 471 g/mol. The predicted octanol–water partition coefficient (Wildman–Crippen LogP) is 3.38. The Hall–Kier alpha value is -2.44. The Balaban J connectivity index is 1.50. The van der Waals surface area contributed by atoms with Crippen molar-refractivity contribution in [2.24, 2.45) is 11.7 Å². The molecular weight excluding hydrogens is 450 g/mol. The van der Waals surface area contributed by atoms with Crippen molar-refractivity contribution in [3.63, 3.8) is 0 Å². The Kier molecular flexibility index (Phi) is 6.28. The zero-order chi connectivity index (χ0) is 22.9. The van der Waals surface area contributed by atoms with E-state index in [2.05, 4.69) is 25.3 Å². The number of hydrogen-bond donors (Lipinski definition) is 3. The molecule has 3 atom stereocenters. The second kappa shape index (κ2) is 8.83. The molecule has 2 aromatic rings. The van der Waals surface area contributed by atoms with E-state index in [0.717, 1.165) is 37.4 Å². The Labute approximate surface area is 185 Å². The van der Waals surface area contributed by atoms with Gasteiger partial charge in [-0.2, -0.15) is 13.2 Å². The van der Waals surface area contributed by atoms with E-state index in [0.29, 0.717) is 11.3 Å². The molecule has 2 aliphatic rings. The van der Waals surface area contributed by atoms with Gasteiger partial charge < -0.3 is 15.8 Å². The van der Waals surface area contributed by atoms with Gasteiger partial charge in [-0.1, -0.05) is 6.42 Å². The topological polar surface area (TPSA) is 102 Å². The largest absolute Gasteiger partial charge is 0.467 e. The fraction of sp³-hybridized carbons (Fsp3) is 0.450. The van der Waals surface area contributed by atoms with Gasteiger partial charge in [-0.15, -0.1) is 11.8 Å². The minimum atomic E-state index is -4.51. The van der Waals surface area contributed by atoms with Gasteiger partial charge in [-0.3, -0.25) is 10.1 Å². The van der Waals surface area contributed by atoms with Crippen LogP contribution in [0.1, 0.15) is 35.3 Å². The van der Waals surface area contributed by atoms with Gasteiger partial charge in [0.15, 0.2) is 6.61 Å². The minimum Gasteiger partial charge on any atom is -0.467 e. The van der Waals surface area contributed by atoms with Gasteiger partial charge in [0.1, 0.15) is 17.0 Å². The molecule has 1 aromatic heterocycles. The summed E-state index contributed by atoms with van der Waals surface area (Å²) in [6, 6.07) is 4.32. The van der Waals surface area contributed by atoms with Crippen molar-refractivity contribution in [3.05, 3.63) is 47.7 Å². The number of rotatable bonds is 5. The van der Waals surface area contributed by atoms with E-state index < -0.39 is 24.2 Å². The molecule has 1 amide bonds. The maximum Gasteiger partial charge on any atom is 0.422 e. The molecule has 7 nitrogen and oxygen atoms in total. The van der Waals surface area contributed by atoms with Crippen molar-refractivity contribution in [3.8, 4) is 5.88 Å². The smallest absolute Gasteiger partial charge is 0.422 e. The number of amides is 1. The molecule has 2 heterocycles. The van der Waals surface area contributed by atoms with Crippen molar-refractivity contribution >= 4 is 23.4 Å². The van der Waals surface area contributed by atoms with Crippen LogP contribution in [-0.2, 0) is 5.54 Å². The van der Waals surface area contributed by atoms with Gasteiger partial charge in [0.25, 0.3) is 5.91 Å². The van der Waals surface area contributed by atoms with Crippen LogP contribution in [0, 0.1) is 11.7 Å². The first-order valence-electron chi connectivity index (χ1n) is 9.94. The number of carbonyl (C=O) groups is 1. The molecule has 1 aromatic carbocycles. The number of nitrogens with two attached hydrogens (primary N) is 1. The first-order chi connectivity index (χ1) is 15.2. The monoisotopic (exact) mass is 471 g/mol. The Morgan fingerprint density at radius 3 is 2.88 bits per heavy atom. The number of anilines is 1. The summed E-state index contributed by atoms with van der Waals surface area (Å²) >= 11 is 1.60. The van der Waals surface area contributed by atoms with Crippen LogP contribution in [0.5, 0.6) is 5.88 Å². The summed E-state index contributed by atoms with van der Waals surface area (Å²) in [6.45, 7) is -1.51. The van der Waals surface area contributed by atoms with E-state index in [-0.39, 0.29) is 28.8 Å². The third-order valence-corrected chi connectivity index (χ3v) is 6.72. The molecule has 12 heteroatoms. The average Bonchev–Trinajstić information content (AvgIpc) is 3.17. The van der Waals surface area contributed by atoms with Crippen molar-refractivity contribution in [1.82, 2.24) is 15.3 Å². The fourth-order valence-corrected chi connectivity index (χ4v) is 5.43. The first-order valence-corrected chi connectivity index (χ1v) is 11.0. The van der Waals surface area contributed by atoms with Gasteiger partial charge in [-0.25, -0.2) is 14.4 Å². The second-order valence-electron chi connectivity index (χ2n) is 7.75. The summed E-state index contributed by atoms with van der Waals surface area (Å²) in [4.78, 5) is 20.0. The molecule has 172 valence electrons. The van der Waals surface area contributed by atoms with Crippen molar-refractivity contribution in [1.29, 1.82) is 0 Å². The third-order valence-electron chi connectivity index (χ3n) is 5.65. The lowest BCUT2D eigenvalue weighted by molar-refractivity contribution is -0.154. The van der Waals surface area contributed by atoms with Crippen molar-refractivity contribution in [2.45, 2.75) is 36.5 Å². The molecule has 0 spiro atoms.